The van der Waals surface area contributed by atoms with E-state index in [1.54, 1.807) is 0 Å². The fourth-order valence-electron chi connectivity index (χ4n) is 2.86. The average Bonchev–Trinajstić information content (AvgIpc) is 2.39. The minimum absolute atomic E-state index is 0.0324. The van der Waals surface area contributed by atoms with Gasteiger partial charge in [-0.25, -0.2) is 0 Å². The molecule has 2 N–H and O–H groups in total. The van der Waals surface area contributed by atoms with E-state index in [1.165, 1.54) is 5.56 Å². The number of nitrogen functional groups attached to an aromatic ring is 1. The number of ketones is 1. The van der Waals surface area contributed by atoms with Crippen LogP contribution >= 0.6 is 0 Å². The summed E-state index contributed by atoms with van der Waals surface area (Å²) in [5.74, 6) is 0.315. The number of ether oxygens (including phenoxy) is 1. The number of benzene rings is 1. The van der Waals surface area contributed by atoms with Gasteiger partial charge in [0, 0.05) is 25.2 Å². The van der Waals surface area contributed by atoms with Gasteiger partial charge in [-0.2, -0.15) is 0 Å². The molecular weight excluding hydrogens is 228 g/mol. The van der Waals surface area contributed by atoms with Crippen molar-refractivity contribution in [3.05, 3.63) is 29.3 Å². The molecule has 1 atom stereocenters. The molecule has 0 amide bonds. The lowest BCUT2D eigenvalue weighted by molar-refractivity contribution is -0.126. The van der Waals surface area contributed by atoms with Crippen molar-refractivity contribution in [3.63, 3.8) is 0 Å². The molecule has 1 aromatic rings. The number of nitrogens with zero attached hydrogens (tertiary/aromatic N) is 1. The second-order valence-electron chi connectivity index (χ2n) is 5.04. The summed E-state index contributed by atoms with van der Waals surface area (Å²) in [7, 11) is 0. The Balaban J connectivity index is 1.82. The van der Waals surface area contributed by atoms with Gasteiger partial charge in [-0.3, -0.25) is 9.69 Å². The molecule has 0 saturated carbocycles. The van der Waals surface area contributed by atoms with Gasteiger partial charge < -0.3 is 10.5 Å². The Bertz CT molecular complexity index is 467. The molecule has 1 aliphatic heterocycles. The Labute approximate surface area is 107 Å². The molecule has 18 heavy (non-hydrogen) atoms. The molecule has 1 saturated heterocycles. The monoisotopic (exact) mass is 246 g/mol. The summed E-state index contributed by atoms with van der Waals surface area (Å²) < 4.78 is 5.34. The maximum absolute atomic E-state index is 12.2. The molecule has 0 spiro atoms. The number of hydrogen-bond acceptors (Lipinski definition) is 4. The molecule has 3 rings (SSSR count). The normalized spacial score (nSPS) is 24.9. The Morgan fingerprint density at radius 2 is 2.00 bits per heavy atom. The van der Waals surface area contributed by atoms with Crippen molar-refractivity contribution >= 4 is 11.5 Å². The first kappa shape index (κ1) is 11.7. The maximum atomic E-state index is 12.2. The van der Waals surface area contributed by atoms with Crippen molar-refractivity contribution in [3.8, 4) is 0 Å². The summed E-state index contributed by atoms with van der Waals surface area (Å²) in [6, 6.07) is 5.95. The van der Waals surface area contributed by atoms with E-state index in [1.807, 2.05) is 12.1 Å². The van der Waals surface area contributed by atoms with E-state index in [4.69, 9.17) is 10.5 Å². The number of rotatable bonds is 1. The highest BCUT2D eigenvalue weighted by Gasteiger charge is 2.31. The van der Waals surface area contributed by atoms with Crippen LogP contribution in [-0.4, -0.2) is 43.0 Å². The topological polar surface area (TPSA) is 55.6 Å². The van der Waals surface area contributed by atoms with Crippen molar-refractivity contribution in [2.75, 3.05) is 32.0 Å². The number of hydrogen-bond donors (Lipinski definition) is 1. The molecule has 4 nitrogen and oxygen atoms in total. The molecule has 1 heterocycles. The molecule has 1 unspecified atom stereocenters. The molecule has 2 aliphatic rings. The predicted octanol–water partition coefficient (Wildman–Crippen LogP) is 0.637. The van der Waals surface area contributed by atoms with Gasteiger partial charge in [0.25, 0.3) is 0 Å². The fourth-order valence-corrected chi connectivity index (χ4v) is 2.86. The van der Waals surface area contributed by atoms with E-state index < -0.39 is 0 Å². The maximum Gasteiger partial charge on any atom is 0.154 e. The van der Waals surface area contributed by atoms with Crippen LogP contribution in [-0.2, 0) is 22.4 Å². The lowest BCUT2D eigenvalue weighted by atomic mass is 9.86. The van der Waals surface area contributed by atoms with Crippen LogP contribution in [0.5, 0.6) is 0 Å². The summed E-state index contributed by atoms with van der Waals surface area (Å²) in [4.78, 5) is 14.5. The fraction of sp³-hybridized carbons (Fsp3) is 0.500. The summed E-state index contributed by atoms with van der Waals surface area (Å²) in [6.45, 7) is 3.19. The number of fused-ring (bicyclic) bond motifs is 1. The van der Waals surface area contributed by atoms with E-state index in [-0.39, 0.29) is 6.04 Å². The third kappa shape index (κ3) is 2.13. The highest BCUT2D eigenvalue weighted by Crippen LogP contribution is 2.24. The number of carbonyl (C=O) groups excluding carboxylic acids is 1. The first-order valence-corrected chi connectivity index (χ1v) is 6.46. The first-order valence-electron chi connectivity index (χ1n) is 6.46. The van der Waals surface area contributed by atoms with Crippen molar-refractivity contribution in [1.82, 2.24) is 4.90 Å². The smallest absolute Gasteiger partial charge is 0.154 e. The van der Waals surface area contributed by atoms with Crippen molar-refractivity contribution in [1.29, 1.82) is 0 Å². The van der Waals surface area contributed by atoms with Crippen molar-refractivity contribution in [2.24, 2.45) is 0 Å². The number of nitrogens with two attached hydrogens (primary N) is 1. The molecule has 1 aliphatic carbocycles. The van der Waals surface area contributed by atoms with Crippen LogP contribution in [0, 0.1) is 0 Å². The number of carbonyl (C=O) groups is 1. The van der Waals surface area contributed by atoms with Gasteiger partial charge in [0.2, 0.25) is 0 Å². The van der Waals surface area contributed by atoms with Gasteiger partial charge in [0.05, 0.1) is 19.3 Å². The molecule has 0 radical (unpaired) electrons. The van der Waals surface area contributed by atoms with E-state index >= 15 is 0 Å². The van der Waals surface area contributed by atoms with Crippen LogP contribution in [0.1, 0.15) is 11.1 Å². The second kappa shape index (κ2) is 4.71. The van der Waals surface area contributed by atoms with Crippen LogP contribution < -0.4 is 5.73 Å². The standard InChI is InChI=1S/C14H18N2O2/c15-12-2-1-10-8-13(14(17)9-11(10)7-12)16-3-5-18-6-4-16/h1-2,7,13H,3-6,8-9,15H2. The molecule has 0 bridgehead atoms. The van der Waals surface area contributed by atoms with Gasteiger partial charge in [-0.15, -0.1) is 0 Å². The molecule has 1 aromatic carbocycles. The zero-order valence-electron chi connectivity index (χ0n) is 10.4. The zero-order valence-corrected chi connectivity index (χ0v) is 10.4. The predicted molar refractivity (Wildman–Crippen MR) is 69.4 cm³/mol. The van der Waals surface area contributed by atoms with E-state index in [9.17, 15) is 4.79 Å². The van der Waals surface area contributed by atoms with Crippen LogP contribution in [0.25, 0.3) is 0 Å². The first-order chi connectivity index (χ1) is 8.74. The molecule has 4 heteroatoms. The Morgan fingerprint density at radius 1 is 1.22 bits per heavy atom. The van der Waals surface area contributed by atoms with Crippen molar-refractivity contribution < 1.29 is 9.53 Å². The van der Waals surface area contributed by atoms with E-state index in [0.29, 0.717) is 12.2 Å². The average molecular weight is 246 g/mol. The lowest BCUT2D eigenvalue weighted by Gasteiger charge is -2.36. The van der Waals surface area contributed by atoms with E-state index in [2.05, 4.69) is 11.0 Å². The van der Waals surface area contributed by atoms with Crippen molar-refractivity contribution in [2.45, 2.75) is 18.9 Å². The Kier molecular flexibility index (Phi) is 3.06. The molecule has 0 aromatic heterocycles. The minimum Gasteiger partial charge on any atom is -0.399 e. The van der Waals surface area contributed by atoms with Gasteiger partial charge >= 0.3 is 0 Å². The van der Waals surface area contributed by atoms with Crippen LogP contribution in [0.4, 0.5) is 5.69 Å². The lowest BCUT2D eigenvalue weighted by Crippen LogP contribution is -2.50. The van der Waals surface area contributed by atoms with Gasteiger partial charge in [0.1, 0.15) is 0 Å². The summed E-state index contributed by atoms with van der Waals surface area (Å²) in [6.07, 6.45) is 1.33. The number of Topliss-reactive ketones (excluding diaryl/α,β-unsaturated/α-hetero) is 1. The summed E-state index contributed by atoms with van der Waals surface area (Å²) in [5.41, 5.74) is 8.87. The summed E-state index contributed by atoms with van der Waals surface area (Å²) in [5, 5.41) is 0. The minimum atomic E-state index is 0.0324. The van der Waals surface area contributed by atoms with Gasteiger partial charge in [-0.05, 0) is 29.7 Å². The SMILES string of the molecule is Nc1ccc2c(c1)CC(=O)C(N1CCOCC1)C2. The Hall–Kier alpha value is -1.39. The second-order valence-corrected chi connectivity index (χ2v) is 5.04. The van der Waals surface area contributed by atoms with E-state index in [0.717, 1.165) is 44.0 Å². The third-order valence-electron chi connectivity index (χ3n) is 3.87. The van der Waals surface area contributed by atoms with Gasteiger partial charge in [0.15, 0.2) is 5.78 Å². The van der Waals surface area contributed by atoms with Gasteiger partial charge in [-0.1, -0.05) is 6.07 Å². The highest BCUT2D eigenvalue weighted by molar-refractivity contribution is 5.88. The van der Waals surface area contributed by atoms with Crippen LogP contribution in [0.2, 0.25) is 0 Å². The molecular formula is C14H18N2O2. The summed E-state index contributed by atoms with van der Waals surface area (Å²) >= 11 is 0. The quantitative estimate of drug-likeness (QED) is 0.739. The molecule has 1 fully saturated rings. The number of anilines is 1. The largest absolute Gasteiger partial charge is 0.399 e. The highest BCUT2D eigenvalue weighted by atomic mass is 16.5. The third-order valence-corrected chi connectivity index (χ3v) is 3.87. The zero-order chi connectivity index (χ0) is 12.5. The Morgan fingerprint density at radius 3 is 2.78 bits per heavy atom. The van der Waals surface area contributed by atoms with Crippen LogP contribution in [0.3, 0.4) is 0 Å². The molecule has 96 valence electrons. The van der Waals surface area contributed by atoms with Crippen LogP contribution in [0.15, 0.2) is 18.2 Å². The number of morpholine rings is 1.